The van der Waals surface area contributed by atoms with Crippen LogP contribution in [0.1, 0.15) is 12.5 Å². The van der Waals surface area contributed by atoms with Gasteiger partial charge in [-0.3, -0.25) is 0 Å². The summed E-state index contributed by atoms with van der Waals surface area (Å²) >= 11 is 9.44. The van der Waals surface area contributed by atoms with Crippen LogP contribution in [-0.4, -0.2) is 18.7 Å². The molecule has 0 fully saturated rings. The number of benzene rings is 1. The Kier molecular flexibility index (Phi) is 5.70. The van der Waals surface area contributed by atoms with E-state index in [1.165, 1.54) is 0 Å². The average molecular weight is 372 g/mol. The van der Waals surface area contributed by atoms with Crippen LogP contribution in [0, 0.1) is 0 Å². The van der Waals surface area contributed by atoms with Gasteiger partial charge in [0.2, 0.25) is 0 Å². The summed E-state index contributed by atoms with van der Waals surface area (Å²) in [7, 11) is 1.63. The third-order valence-electron chi connectivity index (χ3n) is 2.84. The fourth-order valence-corrected chi connectivity index (χ4v) is 2.44. The van der Waals surface area contributed by atoms with Gasteiger partial charge in [0.05, 0.1) is 19.4 Å². The van der Waals surface area contributed by atoms with Crippen molar-refractivity contribution in [2.75, 3.05) is 19.0 Å². The summed E-state index contributed by atoms with van der Waals surface area (Å²) in [5.41, 5.74) is 1.74. The monoisotopic (exact) mass is 370 g/mol. The SMILES string of the molecule is CCOc1cccc(CNc2cc(Br)cnc2Cl)c1OC. The lowest BCUT2D eigenvalue weighted by Crippen LogP contribution is -2.04. The highest BCUT2D eigenvalue weighted by atomic mass is 79.9. The molecule has 1 heterocycles. The minimum absolute atomic E-state index is 0.429. The van der Waals surface area contributed by atoms with Gasteiger partial charge in [-0.05, 0) is 35.0 Å². The molecule has 6 heteroatoms. The van der Waals surface area contributed by atoms with E-state index in [4.69, 9.17) is 21.1 Å². The molecule has 0 spiro atoms. The van der Waals surface area contributed by atoms with E-state index < -0.39 is 0 Å². The summed E-state index contributed by atoms with van der Waals surface area (Å²) in [4.78, 5) is 4.08. The zero-order valence-electron chi connectivity index (χ0n) is 11.8. The highest BCUT2D eigenvalue weighted by Crippen LogP contribution is 2.32. The number of hydrogen-bond donors (Lipinski definition) is 1. The van der Waals surface area contributed by atoms with Crippen molar-refractivity contribution in [1.82, 2.24) is 4.98 Å². The van der Waals surface area contributed by atoms with Crippen molar-refractivity contribution in [2.45, 2.75) is 13.5 Å². The smallest absolute Gasteiger partial charge is 0.165 e. The number of rotatable bonds is 6. The Balaban J connectivity index is 2.19. The van der Waals surface area contributed by atoms with Crippen molar-refractivity contribution in [1.29, 1.82) is 0 Å². The number of nitrogens with one attached hydrogen (secondary N) is 1. The van der Waals surface area contributed by atoms with Gasteiger partial charge in [0.15, 0.2) is 16.7 Å². The molecule has 0 aliphatic carbocycles. The lowest BCUT2D eigenvalue weighted by atomic mass is 10.2. The van der Waals surface area contributed by atoms with Gasteiger partial charge in [-0.25, -0.2) is 4.98 Å². The summed E-state index contributed by atoms with van der Waals surface area (Å²) in [6, 6.07) is 7.69. The molecular weight excluding hydrogens is 356 g/mol. The number of methoxy groups -OCH3 is 1. The molecule has 1 N–H and O–H groups in total. The molecule has 21 heavy (non-hydrogen) atoms. The van der Waals surface area contributed by atoms with Gasteiger partial charge < -0.3 is 14.8 Å². The van der Waals surface area contributed by atoms with E-state index in [2.05, 4.69) is 26.2 Å². The number of para-hydroxylation sites is 1. The van der Waals surface area contributed by atoms with Crippen LogP contribution in [0.15, 0.2) is 34.9 Å². The fraction of sp³-hybridized carbons (Fsp3) is 0.267. The molecule has 2 rings (SSSR count). The molecule has 4 nitrogen and oxygen atoms in total. The van der Waals surface area contributed by atoms with Crippen molar-refractivity contribution >= 4 is 33.2 Å². The van der Waals surface area contributed by atoms with E-state index in [9.17, 15) is 0 Å². The third kappa shape index (κ3) is 4.02. The topological polar surface area (TPSA) is 43.4 Å². The molecule has 0 aliphatic heterocycles. The first-order chi connectivity index (χ1) is 10.2. The highest BCUT2D eigenvalue weighted by molar-refractivity contribution is 9.10. The molecule has 0 bridgehead atoms. The largest absolute Gasteiger partial charge is 0.493 e. The second-order valence-electron chi connectivity index (χ2n) is 4.23. The first-order valence-corrected chi connectivity index (χ1v) is 7.66. The zero-order valence-corrected chi connectivity index (χ0v) is 14.2. The first-order valence-electron chi connectivity index (χ1n) is 6.49. The van der Waals surface area contributed by atoms with Crippen LogP contribution in [-0.2, 0) is 6.54 Å². The molecule has 1 aromatic heterocycles. The molecule has 0 saturated heterocycles. The maximum Gasteiger partial charge on any atom is 0.165 e. The van der Waals surface area contributed by atoms with E-state index in [0.717, 1.165) is 27.2 Å². The normalized spacial score (nSPS) is 10.3. The Morgan fingerprint density at radius 3 is 2.90 bits per heavy atom. The Labute approximate surface area is 137 Å². The van der Waals surface area contributed by atoms with Gasteiger partial charge >= 0.3 is 0 Å². The Morgan fingerprint density at radius 2 is 2.19 bits per heavy atom. The number of hydrogen-bond acceptors (Lipinski definition) is 4. The molecule has 0 saturated carbocycles. The van der Waals surface area contributed by atoms with Gasteiger partial charge in [-0.2, -0.15) is 0 Å². The number of pyridine rings is 1. The number of halogens is 2. The Hall–Kier alpha value is -1.46. The lowest BCUT2D eigenvalue weighted by Gasteiger charge is -2.15. The fourth-order valence-electron chi connectivity index (χ4n) is 1.94. The van der Waals surface area contributed by atoms with Gasteiger partial charge in [-0.1, -0.05) is 23.7 Å². The van der Waals surface area contributed by atoms with Gasteiger partial charge in [0.25, 0.3) is 0 Å². The predicted molar refractivity (Wildman–Crippen MR) is 88.4 cm³/mol. The van der Waals surface area contributed by atoms with Crippen LogP contribution in [0.5, 0.6) is 11.5 Å². The second-order valence-corrected chi connectivity index (χ2v) is 5.50. The number of nitrogens with zero attached hydrogens (tertiary/aromatic N) is 1. The molecular formula is C15H16BrClN2O2. The molecule has 0 atom stereocenters. The number of aromatic nitrogens is 1. The molecule has 0 radical (unpaired) electrons. The standard InChI is InChI=1S/C15H16BrClN2O2/c1-3-21-13-6-4-5-10(14(13)20-2)8-18-12-7-11(16)9-19-15(12)17/h4-7,9,18H,3,8H2,1-2H3. The van der Waals surface area contributed by atoms with Gasteiger partial charge in [0.1, 0.15) is 0 Å². The van der Waals surface area contributed by atoms with Crippen LogP contribution in [0.4, 0.5) is 5.69 Å². The van der Waals surface area contributed by atoms with Crippen molar-refractivity contribution < 1.29 is 9.47 Å². The lowest BCUT2D eigenvalue weighted by molar-refractivity contribution is 0.309. The molecule has 2 aromatic rings. The van der Waals surface area contributed by atoms with E-state index >= 15 is 0 Å². The summed E-state index contributed by atoms with van der Waals surface area (Å²) < 4.78 is 11.9. The van der Waals surface area contributed by atoms with Gasteiger partial charge in [-0.15, -0.1) is 0 Å². The second kappa shape index (κ2) is 7.52. The van der Waals surface area contributed by atoms with Crippen LogP contribution in [0.25, 0.3) is 0 Å². The van der Waals surface area contributed by atoms with Crippen molar-refractivity contribution in [2.24, 2.45) is 0 Å². The quantitative estimate of drug-likeness (QED) is 0.758. The summed E-state index contributed by atoms with van der Waals surface area (Å²) in [5.74, 6) is 1.46. The van der Waals surface area contributed by atoms with Crippen molar-refractivity contribution in [3.63, 3.8) is 0 Å². The number of anilines is 1. The summed E-state index contributed by atoms with van der Waals surface area (Å²) in [6.45, 7) is 3.09. The van der Waals surface area contributed by atoms with E-state index in [1.54, 1.807) is 13.3 Å². The molecule has 112 valence electrons. The first kappa shape index (κ1) is 15.9. The summed E-state index contributed by atoms with van der Waals surface area (Å²) in [5, 5.41) is 3.68. The molecule has 0 aliphatic rings. The van der Waals surface area contributed by atoms with Crippen molar-refractivity contribution in [3.05, 3.63) is 45.7 Å². The molecule has 1 aromatic carbocycles. The Bertz CT molecular complexity index is 623. The van der Waals surface area contributed by atoms with Gasteiger partial charge in [0, 0.05) is 22.8 Å². The van der Waals surface area contributed by atoms with E-state index in [-0.39, 0.29) is 0 Å². The minimum Gasteiger partial charge on any atom is -0.493 e. The molecule has 0 amide bonds. The van der Waals surface area contributed by atoms with Crippen LogP contribution in [0.3, 0.4) is 0 Å². The molecule has 0 unspecified atom stereocenters. The Morgan fingerprint density at radius 1 is 1.38 bits per heavy atom. The third-order valence-corrected chi connectivity index (χ3v) is 3.57. The van der Waals surface area contributed by atoms with Crippen molar-refractivity contribution in [3.8, 4) is 11.5 Å². The zero-order chi connectivity index (χ0) is 15.2. The maximum atomic E-state index is 6.07. The minimum atomic E-state index is 0.429. The van der Waals surface area contributed by atoms with Crippen LogP contribution >= 0.6 is 27.5 Å². The predicted octanol–water partition coefficient (Wildman–Crippen LogP) is 4.52. The number of ether oxygens (including phenoxy) is 2. The summed E-state index contributed by atoms with van der Waals surface area (Å²) in [6.07, 6.45) is 1.66. The van der Waals surface area contributed by atoms with Crippen LogP contribution < -0.4 is 14.8 Å². The maximum absolute atomic E-state index is 6.07. The van der Waals surface area contributed by atoms with E-state index in [1.807, 2.05) is 31.2 Å². The van der Waals surface area contributed by atoms with Crippen LogP contribution in [0.2, 0.25) is 5.15 Å². The average Bonchev–Trinajstić information content (AvgIpc) is 2.48. The van der Waals surface area contributed by atoms with E-state index in [0.29, 0.717) is 18.3 Å². The highest BCUT2D eigenvalue weighted by Gasteiger charge is 2.10.